The smallest absolute Gasteiger partial charge is 0.240 e. The molecule has 2 aromatic rings. The minimum Gasteiger partial charge on any atom is -0.299 e. The molecule has 1 amide bonds. The minimum atomic E-state index is -0.0740. The molecule has 0 aliphatic carbocycles. The maximum atomic E-state index is 12.2. The quantitative estimate of drug-likeness (QED) is 0.804. The molecule has 0 aromatic carbocycles. The largest absolute Gasteiger partial charge is 0.299 e. The predicted molar refractivity (Wildman–Crippen MR) is 92.3 cm³/mol. The fraction of sp³-hybridized carbons (Fsp3) is 0.500. The molecule has 0 fully saturated rings. The summed E-state index contributed by atoms with van der Waals surface area (Å²) in [7, 11) is 0. The van der Waals surface area contributed by atoms with E-state index < -0.39 is 0 Å². The van der Waals surface area contributed by atoms with E-state index in [1.165, 1.54) is 11.3 Å². The molecule has 2 rings (SSSR count). The molecule has 0 aliphatic rings. The number of carbonyl (C=O) groups excluding carboxylic acids is 1. The number of amides is 1. The fourth-order valence-electron chi connectivity index (χ4n) is 2.10. The highest BCUT2D eigenvalue weighted by atomic mass is 32.1. The Kier molecular flexibility index (Phi) is 6.61. The van der Waals surface area contributed by atoms with Gasteiger partial charge in [-0.25, -0.2) is 0 Å². The van der Waals surface area contributed by atoms with Crippen LogP contribution in [0.3, 0.4) is 0 Å². The molecule has 0 bridgehead atoms. The molecule has 0 saturated heterocycles. The number of nitrogens with one attached hydrogen (secondary N) is 1. The number of carbonyl (C=O) groups is 1. The first kappa shape index (κ1) is 17.5. The van der Waals surface area contributed by atoms with E-state index in [4.69, 9.17) is 0 Å². The molecule has 23 heavy (non-hydrogen) atoms. The summed E-state index contributed by atoms with van der Waals surface area (Å²) in [6, 6.07) is 5.80. The topological polar surface area (TPSA) is 71.0 Å². The van der Waals surface area contributed by atoms with Gasteiger partial charge in [0.05, 0.1) is 12.2 Å². The van der Waals surface area contributed by atoms with Gasteiger partial charge in [-0.1, -0.05) is 38.2 Å². The van der Waals surface area contributed by atoms with Gasteiger partial charge in [0.25, 0.3) is 0 Å². The van der Waals surface area contributed by atoms with Crippen LogP contribution >= 0.6 is 11.3 Å². The van der Waals surface area contributed by atoms with Crippen molar-refractivity contribution in [2.75, 3.05) is 18.4 Å². The average molecular weight is 333 g/mol. The van der Waals surface area contributed by atoms with Crippen LogP contribution in [0.15, 0.2) is 24.4 Å². The van der Waals surface area contributed by atoms with Crippen LogP contribution in [0.5, 0.6) is 0 Å². The molecule has 0 aliphatic heterocycles. The molecular formula is C16H23N5OS. The van der Waals surface area contributed by atoms with E-state index >= 15 is 0 Å². The predicted octanol–water partition coefficient (Wildman–Crippen LogP) is 2.59. The van der Waals surface area contributed by atoms with Gasteiger partial charge in [-0.05, 0) is 24.6 Å². The van der Waals surface area contributed by atoms with Crippen molar-refractivity contribution in [3.63, 3.8) is 0 Å². The number of anilines is 1. The zero-order chi connectivity index (χ0) is 16.7. The van der Waals surface area contributed by atoms with Gasteiger partial charge >= 0.3 is 0 Å². The Balaban J connectivity index is 1.86. The summed E-state index contributed by atoms with van der Waals surface area (Å²) in [5.41, 5.74) is 0.956. The average Bonchev–Trinajstić information content (AvgIpc) is 2.93. The fourth-order valence-corrected chi connectivity index (χ4v) is 3.07. The van der Waals surface area contributed by atoms with E-state index in [0.29, 0.717) is 24.1 Å². The van der Waals surface area contributed by atoms with Crippen LogP contribution in [-0.2, 0) is 17.8 Å². The van der Waals surface area contributed by atoms with Crippen molar-refractivity contribution in [3.05, 3.63) is 35.1 Å². The van der Waals surface area contributed by atoms with Crippen molar-refractivity contribution in [3.8, 4) is 0 Å². The van der Waals surface area contributed by atoms with Gasteiger partial charge in [-0.3, -0.25) is 20.0 Å². The molecule has 0 unspecified atom stereocenters. The number of hydrogen-bond donors (Lipinski definition) is 1. The molecule has 1 N–H and O–H groups in total. The molecular weight excluding hydrogens is 310 g/mol. The molecule has 0 spiro atoms. The molecule has 0 radical (unpaired) electrons. The number of likely N-dealkylation sites (N-methyl/N-ethyl adjacent to an activating group) is 1. The number of rotatable bonds is 8. The number of nitrogens with zero attached hydrogens (tertiary/aromatic N) is 4. The van der Waals surface area contributed by atoms with E-state index in [1.54, 1.807) is 6.20 Å². The Bertz CT molecular complexity index is 614. The molecule has 0 saturated carbocycles. The van der Waals surface area contributed by atoms with Crippen LogP contribution in [0, 0.1) is 5.92 Å². The highest BCUT2D eigenvalue weighted by Gasteiger charge is 2.13. The number of hydrogen-bond acceptors (Lipinski definition) is 6. The maximum Gasteiger partial charge on any atom is 0.240 e. The molecule has 2 heterocycles. The lowest BCUT2D eigenvalue weighted by Crippen LogP contribution is -2.33. The van der Waals surface area contributed by atoms with Crippen molar-refractivity contribution in [2.45, 2.75) is 33.7 Å². The lowest BCUT2D eigenvalue weighted by molar-refractivity contribution is -0.117. The lowest BCUT2D eigenvalue weighted by atomic mass is 10.1. The van der Waals surface area contributed by atoms with E-state index in [1.807, 2.05) is 30.0 Å². The van der Waals surface area contributed by atoms with E-state index in [2.05, 4.69) is 34.3 Å². The third-order valence-electron chi connectivity index (χ3n) is 3.22. The highest BCUT2D eigenvalue weighted by molar-refractivity contribution is 7.15. The Morgan fingerprint density at radius 1 is 1.35 bits per heavy atom. The van der Waals surface area contributed by atoms with Crippen LogP contribution in [0.4, 0.5) is 5.13 Å². The van der Waals surface area contributed by atoms with Gasteiger partial charge in [-0.15, -0.1) is 10.2 Å². The monoisotopic (exact) mass is 333 g/mol. The molecule has 6 nitrogen and oxygen atoms in total. The number of aromatic nitrogens is 3. The summed E-state index contributed by atoms with van der Waals surface area (Å²) in [5.74, 6) is 0.454. The van der Waals surface area contributed by atoms with E-state index in [9.17, 15) is 4.79 Å². The molecule has 0 atom stereocenters. The first-order valence-corrected chi connectivity index (χ1v) is 8.63. The first-order valence-electron chi connectivity index (χ1n) is 7.81. The van der Waals surface area contributed by atoms with Gasteiger partial charge in [0.1, 0.15) is 5.01 Å². The van der Waals surface area contributed by atoms with Gasteiger partial charge in [0.2, 0.25) is 11.0 Å². The van der Waals surface area contributed by atoms with Crippen molar-refractivity contribution in [1.82, 2.24) is 20.1 Å². The van der Waals surface area contributed by atoms with Crippen molar-refractivity contribution >= 4 is 22.4 Å². The van der Waals surface area contributed by atoms with Crippen LogP contribution in [0.25, 0.3) is 0 Å². The van der Waals surface area contributed by atoms with Crippen LogP contribution in [-0.4, -0.2) is 39.1 Å². The van der Waals surface area contributed by atoms with E-state index in [0.717, 1.165) is 23.7 Å². The summed E-state index contributed by atoms with van der Waals surface area (Å²) in [5, 5.41) is 12.5. The standard InChI is InChI=1S/C16H23N5OS/c1-4-21(10-13-7-5-6-8-17-13)11-14(22)18-16-20-19-15(23-16)9-12(2)3/h5-8,12H,4,9-11H2,1-3H3,(H,18,20,22). The molecule has 7 heteroatoms. The third-order valence-corrected chi connectivity index (χ3v) is 4.08. The second-order valence-electron chi connectivity index (χ2n) is 5.77. The lowest BCUT2D eigenvalue weighted by Gasteiger charge is -2.18. The maximum absolute atomic E-state index is 12.2. The summed E-state index contributed by atoms with van der Waals surface area (Å²) < 4.78 is 0. The van der Waals surface area contributed by atoms with Gasteiger partial charge in [0, 0.05) is 19.2 Å². The SMILES string of the molecule is CCN(CC(=O)Nc1nnc(CC(C)C)s1)Cc1ccccn1. The number of pyridine rings is 1. The summed E-state index contributed by atoms with van der Waals surface area (Å²) in [4.78, 5) is 18.5. The molecule has 2 aromatic heterocycles. The van der Waals surface area contributed by atoms with Crippen LogP contribution in [0.2, 0.25) is 0 Å². The Hall–Kier alpha value is -1.86. The first-order chi connectivity index (χ1) is 11.1. The zero-order valence-corrected chi connectivity index (χ0v) is 14.6. The van der Waals surface area contributed by atoms with Gasteiger partial charge < -0.3 is 0 Å². The minimum absolute atomic E-state index is 0.0740. The molecule has 124 valence electrons. The van der Waals surface area contributed by atoms with Crippen LogP contribution in [0.1, 0.15) is 31.5 Å². The Morgan fingerprint density at radius 3 is 2.83 bits per heavy atom. The normalized spacial score (nSPS) is 11.2. The Labute approximate surface area is 141 Å². The van der Waals surface area contributed by atoms with Gasteiger partial charge in [0.15, 0.2) is 0 Å². The second kappa shape index (κ2) is 8.69. The zero-order valence-electron chi connectivity index (χ0n) is 13.8. The second-order valence-corrected chi connectivity index (χ2v) is 6.83. The van der Waals surface area contributed by atoms with Crippen LogP contribution < -0.4 is 5.32 Å². The van der Waals surface area contributed by atoms with Crippen molar-refractivity contribution in [1.29, 1.82) is 0 Å². The third kappa shape index (κ3) is 6.03. The van der Waals surface area contributed by atoms with E-state index in [-0.39, 0.29) is 5.91 Å². The highest BCUT2D eigenvalue weighted by Crippen LogP contribution is 2.18. The Morgan fingerprint density at radius 2 is 2.17 bits per heavy atom. The van der Waals surface area contributed by atoms with Gasteiger partial charge in [-0.2, -0.15) is 0 Å². The summed E-state index contributed by atoms with van der Waals surface area (Å²) >= 11 is 1.44. The van der Waals surface area contributed by atoms with Crippen molar-refractivity contribution < 1.29 is 4.79 Å². The summed E-state index contributed by atoms with van der Waals surface area (Å²) in [6.45, 7) is 8.04. The summed E-state index contributed by atoms with van der Waals surface area (Å²) in [6.07, 6.45) is 2.65. The van der Waals surface area contributed by atoms with Crippen molar-refractivity contribution in [2.24, 2.45) is 5.92 Å².